The molecular formula is C26H28N2O3. The van der Waals surface area contributed by atoms with Gasteiger partial charge in [0.05, 0.1) is 6.61 Å². The van der Waals surface area contributed by atoms with E-state index in [1.165, 1.54) is 12.8 Å². The summed E-state index contributed by atoms with van der Waals surface area (Å²) in [6.07, 6.45) is 4.59. The Hall–Kier alpha value is -3.60. The largest absolute Gasteiger partial charge is 0.494 e. The molecule has 3 aromatic carbocycles. The zero-order chi connectivity index (χ0) is 21.9. The second-order valence-corrected chi connectivity index (χ2v) is 7.29. The van der Waals surface area contributed by atoms with Crippen LogP contribution in [0.1, 0.15) is 53.3 Å². The van der Waals surface area contributed by atoms with Crippen molar-refractivity contribution in [1.29, 1.82) is 0 Å². The minimum atomic E-state index is -0.385. The van der Waals surface area contributed by atoms with Crippen LogP contribution in [0.15, 0.2) is 78.9 Å². The molecule has 0 saturated carbocycles. The van der Waals surface area contributed by atoms with E-state index >= 15 is 0 Å². The van der Waals surface area contributed by atoms with E-state index in [1.807, 2.05) is 42.5 Å². The number of unbranched alkanes of at least 4 members (excludes halogenated alkanes) is 3. The summed E-state index contributed by atoms with van der Waals surface area (Å²) in [5.41, 5.74) is 7.91. The molecule has 2 N–H and O–H groups in total. The molecule has 0 spiro atoms. The maximum Gasteiger partial charge on any atom is 0.269 e. The Labute approximate surface area is 183 Å². The SMILES string of the molecule is CCCCCCOc1ccc(C(=O)NNC(=O)c2ccc(-c3ccccc3)cc2)cc1. The predicted octanol–water partition coefficient (Wildman–Crippen LogP) is 5.39. The van der Waals surface area contributed by atoms with Crippen LogP contribution in [-0.2, 0) is 0 Å². The lowest BCUT2D eigenvalue weighted by Gasteiger charge is -2.09. The quantitative estimate of drug-likeness (QED) is 0.363. The zero-order valence-electron chi connectivity index (χ0n) is 17.8. The van der Waals surface area contributed by atoms with Crippen LogP contribution in [0.5, 0.6) is 5.75 Å². The van der Waals surface area contributed by atoms with Crippen molar-refractivity contribution in [2.75, 3.05) is 6.61 Å². The van der Waals surface area contributed by atoms with Crippen LogP contribution in [0.2, 0.25) is 0 Å². The topological polar surface area (TPSA) is 67.4 Å². The molecule has 0 aromatic heterocycles. The van der Waals surface area contributed by atoms with E-state index in [0.717, 1.165) is 29.7 Å². The fourth-order valence-corrected chi connectivity index (χ4v) is 3.12. The van der Waals surface area contributed by atoms with Gasteiger partial charge in [-0.3, -0.25) is 20.4 Å². The summed E-state index contributed by atoms with van der Waals surface area (Å²) < 4.78 is 5.68. The molecule has 5 nitrogen and oxygen atoms in total. The zero-order valence-corrected chi connectivity index (χ0v) is 17.8. The summed E-state index contributed by atoms with van der Waals surface area (Å²) >= 11 is 0. The van der Waals surface area contributed by atoms with E-state index in [0.29, 0.717) is 17.7 Å². The molecule has 0 fully saturated rings. The first-order valence-electron chi connectivity index (χ1n) is 10.7. The van der Waals surface area contributed by atoms with Crippen molar-refractivity contribution in [1.82, 2.24) is 10.9 Å². The third kappa shape index (κ3) is 6.71. The smallest absolute Gasteiger partial charge is 0.269 e. The summed E-state index contributed by atoms with van der Waals surface area (Å²) in [4.78, 5) is 24.6. The lowest BCUT2D eigenvalue weighted by Crippen LogP contribution is -2.41. The highest BCUT2D eigenvalue weighted by Crippen LogP contribution is 2.19. The average Bonchev–Trinajstić information content (AvgIpc) is 2.83. The third-order valence-electron chi connectivity index (χ3n) is 4.93. The van der Waals surface area contributed by atoms with E-state index in [-0.39, 0.29) is 11.8 Å². The number of amides is 2. The van der Waals surface area contributed by atoms with Gasteiger partial charge in [0.25, 0.3) is 11.8 Å². The molecule has 0 bridgehead atoms. The molecule has 0 heterocycles. The van der Waals surface area contributed by atoms with Gasteiger partial charge in [-0.1, -0.05) is 68.7 Å². The second-order valence-electron chi connectivity index (χ2n) is 7.29. The summed E-state index contributed by atoms with van der Waals surface area (Å²) in [5, 5.41) is 0. The molecule has 0 aliphatic rings. The van der Waals surface area contributed by atoms with Crippen molar-refractivity contribution in [3.05, 3.63) is 90.0 Å². The Morgan fingerprint density at radius 3 is 1.81 bits per heavy atom. The van der Waals surface area contributed by atoms with Crippen LogP contribution < -0.4 is 15.6 Å². The van der Waals surface area contributed by atoms with Crippen molar-refractivity contribution in [3.63, 3.8) is 0 Å². The van der Waals surface area contributed by atoms with Crippen LogP contribution in [0.3, 0.4) is 0 Å². The van der Waals surface area contributed by atoms with E-state index in [9.17, 15) is 9.59 Å². The standard InChI is InChI=1S/C26H28N2O3/c1-2-3-4-8-19-31-24-17-15-23(16-18-24)26(30)28-27-25(29)22-13-11-21(12-14-22)20-9-6-5-7-10-20/h5-7,9-18H,2-4,8,19H2,1H3,(H,27,29)(H,28,30). The molecule has 160 valence electrons. The van der Waals surface area contributed by atoms with Gasteiger partial charge >= 0.3 is 0 Å². The number of rotatable bonds is 9. The van der Waals surface area contributed by atoms with Gasteiger partial charge in [-0.25, -0.2) is 0 Å². The first-order valence-corrected chi connectivity index (χ1v) is 10.7. The highest BCUT2D eigenvalue weighted by molar-refractivity contribution is 5.99. The number of hydrogen-bond acceptors (Lipinski definition) is 3. The van der Waals surface area contributed by atoms with Gasteiger partial charge < -0.3 is 4.74 Å². The van der Waals surface area contributed by atoms with Gasteiger partial charge in [0.2, 0.25) is 0 Å². The van der Waals surface area contributed by atoms with E-state index in [1.54, 1.807) is 36.4 Å². The van der Waals surface area contributed by atoms with E-state index in [4.69, 9.17) is 4.74 Å². The number of carbonyl (C=O) groups excluding carboxylic acids is 2. The highest BCUT2D eigenvalue weighted by Gasteiger charge is 2.10. The maximum absolute atomic E-state index is 12.3. The number of hydrazine groups is 1. The lowest BCUT2D eigenvalue weighted by molar-refractivity contribution is 0.0846. The maximum atomic E-state index is 12.3. The lowest BCUT2D eigenvalue weighted by atomic mass is 10.0. The van der Waals surface area contributed by atoms with E-state index < -0.39 is 0 Å². The van der Waals surface area contributed by atoms with Gasteiger partial charge in [0, 0.05) is 11.1 Å². The van der Waals surface area contributed by atoms with Crippen molar-refractivity contribution in [3.8, 4) is 16.9 Å². The van der Waals surface area contributed by atoms with Crippen LogP contribution >= 0.6 is 0 Å². The number of ether oxygens (including phenoxy) is 1. The summed E-state index contributed by atoms with van der Waals surface area (Å²) in [7, 11) is 0. The highest BCUT2D eigenvalue weighted by atomic mass is 16.5. The van der Waals surface area contributed by atoms with Gasteiger partial charge in [0.1, 0.15) is 5.75 Å². The summed E-state index contributed by atoms with van der Waals surface area (Å²) in [6.45, 7) is 2.85. The molecule has 0 aliphatic heterocycles. The molecule has 0 atom stereocenters. The Kier molecular flexibility index (Phi) is 8.23. The Morgan fingerprint density at radius 2 is 1.23 bits per heavy atom. The first-order chi connectivity index (χ1) is 15.2. The molecule has 0 radical (unpaired) electrons. The fourth-order valence-electron chi connectivity index (χ4n) is 3.12. The Morgan fingerprint density at radius 1 is 0.677 bits per heavy atom. The number of hydrogen-bond donors (Lipinski definition) is 2. The van der Waals surface area contributed by atoms with Crippen molar-refractivity contribution in [2.24, 2.45) is 0 Å². The van der Waals surface area contributed by atoms with Crippen molar-refractivity contribution >= 4 is 11.8 Å². The molecule has 0 unspecified atom stereocenters. The van der Waals surface area contributed by atoms with Gasteiger partial charge in [-0.15, -0.1) is 0 Å². The minimum absolute atomic E-state index is 0.375. The molecule has 3 aromatic rings. The summed E-state index contributed by atoms with van der Waals surface area (Å²) in [5.74, 6) is -0.0284. The van der Waals surface area contributed by atoms with Crippen LogP contribution in [-0.4, -0.2) is 18.4 Å². The van der Waals surface area contributed by atoms with Crippen molar-refractivity contribution < 1.29 is 14.3 Å². The number of carbonyl (C=O) groups is 2. The molecule has 5 heteroatoms. The average molecular weight is 417 g/mol. The molecule has 0 aliphatic carbocycles. The molecule has 2 amide bonds. The van der Waals surface area contributed by atoms with Crippen molar-refractivity contribution in [2.45, 2.75) is 32.6 Å². The summed E-state index contributed by atoms with van der Waals surface area (Å²) in [6, 6.07) is 24.0. The predicted molar refractivity (Wildman–Crippen MR) is 123 cm³/mol. The van der Waals surface area contributed by atoms with Gasteiger partial charge in [-0.05, 0) is 53.9 Å². The Bertz CT molecular complexity index is 968. The molecular weight excluding hydrogens is 388 g/mol. The third-order valence-corrected chi connectivity index (χ3v) is 4.93. The van der Waals surface area contributed by atoms with E-state index in [2.05, 4.69) is 17.8 Å². The van der Waals surface area contributed by atoms with Gasteiger partial charge in [-0.2, -0.15) is 0 Å². The second kappa shape index (κ2) is 11.6. The van der Waals surface area contributed by atoms with Gasteiger partial charge in [0.15, 0.2) is 0 Å². The first kappa shape index (κ1) is 22.1. The molecule has 3 rings (SSSR count). The molecule has 0 saturated heterocycles. The minimum Gasteiger partial charge on any atom is -0.494 e. The van der Waals surface area contributed by atoms with Crippen LogP contribution in [0, 0.1) is 0 Å². The monoisotopic (exact) mass is 416 g/mol. The normalized spacial score (nSPS) is 10.4. The van der Waals surface area contributed by atoms with Crippen LogP contribution in [0.4, 0.5) is 0 Å². The number of benzene rings is 3. The Balaban J connectivity index is 1.47. The molecule has 31 heavy (non-hydrogen) atoms. The number of nitrogens with one attached hydrogen (secondary N) is 2. The fraction of sp³-hybridized carbons (Fsp3) is 0.231. The van der Waals surface area contributed by atoms with Crippen LogP contribution in [0.25, 0.3) is 11.1 Å².